The number of thiazole rings is 1. The topological polar surface area (TPSA) is 75.9 Å². The summed E-state index contributed by atoms with van der Waals surface area (Å²) in [6.07, 6.45) is 0. The molecule has 0 amide bonds. The number of benzene rings is 2. The Morgan fingerprint density at radius 3 is 2.95 bits per heavy atom. The molecule has 0 atom stereocenters. The average Bonchev–Trinajstić information content (AvgIpc) is 3.07. The first-order valence-electron chi connectivity index (χ1n) is 6.37. The molecule has 100 valence electrons. The van der Waals surface area contributed by atoms with E-state index in [1.165, 1.54) is 11.3 Å². The van der Waals surface area contributed by atoms with Crippen molar-refractivity contribution < 1.29 is 0 Å². The van der Waals surface area contributed by atoms with Crippen molar-refractivity contribution in [2.24, 2.45) is 0 Å². The SMILES string of the molecule is O=c1c2ccccc2[nH]c2ccc3c(sc4nnnn43)c12. The summed E-state index contributed by atoms with van der Waals surface area (Å²) in [5, 5.41) is 12.9. The van der Waals surface area contributed by atoms with Gasteiger partial charge in [0, 0.05) is 10.9 Å². The number of H-pyrrole nitrogens is 1. The Kier molecular flexibility index (Phi) is 1.90. The second-order valence-electron chi connectivity index (χ2n) is 4.81. The number of rotatable bonds is 0. The molecular formula is C14H7N5OS. The fraction of sp³-hybridized carbons (Fsp3) is 0. The van der Waals surface area contributed by atoms with E-state index in [9.17, 15) is 4.79 Å². The third-order valence-corrected chi connectivity index (χ3v) is 4.72. The van der Waals surface area contributed by atoms with Gasteiger partial charge in [-0.15, -0.1) is 0 Å². The molecule has 0 aliphatic carbocycles. The van der Waals surface area contributed by atoms with E-state index in [-0.39, 0.29) is 5.43 Å². The zero-order chi connectivity index (χ0) is 14.0. The summed E-state index contributed by atoms with van der Waals surface area (Å²) in [5.74, 6) is 0. The Balaban J connectivity index is 2.14. The molecule has 7 heteroatoms. The van der Waals surface area contributed by atoms with Crippen LogP contribution in [0.2, 0.25) is 0 Å². The second kappa shape index (κ2) is 3.64. The van der Waals surface area contributed by atoms with Crippen molar-refractivity contribution in [3.63, 3.8) is 0 Å². The van der Waals surface area contributed by atoms with Crippen molar-refractivity contribution in [2.45, 2.75) is 0 Å². The van der Waals surface area contributed by atoms with Crippen LogP contribution in [0.25, 0.3) is 37.0 Å². The molecule has 0 aliphatic rings. The summed E-state index contributed by atoms with van der Waals surface area (Å²) in [6.45, 7) is 0. The Morgan fingerprint density at radius 2 is 2.00 bits per heavy atom. The van der Waals surface area contributed by atoms with Gasteiger partial charge >= 0.3 is 0 Å². The highest BCUT2D eigenvalue weighted by molar-refractivity contribution is 7.24. The van der Waals surface area contributed by atoms with Crippen LogP contribution < -0.4 is 5.43 Å². The highest BCUT2D eigenvalue weighted by Gasteiger charge is 2.14. The van der Waals surface area contributed by atoms with Gasteiger partial charge in [0.15, 0.2) is 5.43 Å². The summed E-state index contributed by atoms with van der Waals surface area (Å²) in [7, 11) is 0. The minimum Gasteiger partial charge on any atom is -0.354 e. The lowest BCUT2D eigenvalue weighted by Crippen LogP contribution is -2.04. The van der Waals surface area contributed by atoms with Crippen LogP contribution in [0.15, 0.2) is 41.2 Å². The lowest BCUT2D eigenvalue weighted by Gasteiger charge is -2.03. The number of nitrogens with zero attached hydrogens (tertiary/aromatic N) is 4. The largest absolute Gasteiger partial charge is 0.354 e. The van der Waals surface area contributed by atoms with Gasteiger partial charge in [-0.3, -0.25) is 4.79 Å². The molecule has 21 heavy (non-hydrogen) atoms. The fourth-order valence-corrected chi connectivity index (χ4v) is 3.77. The molecular weight excluding hydrogens is 286 g/mol. The smallest absolute Gasteiger partial charge is 0.235 e. The number of tetrazole rings is 1. The first-order valence-corrected chi connectivity index (χ1v) is 7.19. The van der Waals surface area contributed by atoms with Crippen LogP contribution in [0.3, 0.4) is 0 Å². The van der Waals surface area contributed by atoms with E-state index >= 15 is 0 Å². The Bertz CT molecular complexity index is 1220. The molecule has 6 nitrogen and oxygen atoms in total. The lowest BCUT2D eigenvalue weighted by molar-refractivity contribution is 0.843. The van der Waals surface area contributed by atoms with Crippen LogP contribution in [-0.4, -0.2) is 25.0 Å². The first-order chi connectivity index (χ1) is 10.3. The molecule has 0 radical (unpaired) electrons. The van der Waals surface area contributed by atoms with Gasteiger partial charge in [0.2, 0.25) is 4.96 Å². The van der Waals surface area contributed by atoms with Crippen molar-refractivity contribution in [3.05, 3.63) is 46.6 Å². The molecule has 0 unspecified atom stereocenters. The standard InChI is InChI=1S/C14H7N5OS/c20-12-7-3-1-2-4-8(7)15-9-5-6-10-13(11(9)12)21-14-16-17-18-19(10)14/h1-6H,(H,15,20). The van der Waals surface area contributed by atoms with Gasteiger partial charge in [-0.1, -0.05) is 28.6 Å². The van der Waals surface area contributed by atoms with E-state index in [1.807, 2.05) is 36.4 Å². The van der Waals surface area contributed by atoms with Crippen LogP contribution >= 0.6 is 11.3 Å². The zero-order valence-electron chi connectivity index (χ0n) is 10.6. The van der Waals surface area contributed by atoms with Crippen molar-refractivity contribution in [2.75, 3.05) is 0 Å². The number of aromatic amines is 1. The van der Waals surface area contributed by atoms with E-state index < -0.39 is 0 Å². The average molecular weight is 293 g/mol. The van der Waals surface area contributed by atoms with E-state index in [0.717, 1.165) is 21.3 Å². The summed E-state index contributed by atoms with van der Waals surface area (Å²) in [4.78, 5) is 16.8. The van der Waals surface area contributed by atoms with E-state index in [4.69, 9.17) is 0 Å². The number of para-hydroxylation sites is 1. The Labute approximate surface area is 120 Å². The molecule has 3 aromatic heterocycles. The third kappa shape index (κ3) is 1.30. The Morgan fingerprint density at radius 1 is 1.10 bits per heavy atom. The van der Waals surface area contributed by atoms with Crippen LogP contribution in [0.5, 0.6) is 0 Å². The van der Waals surface area contributed by atoms with Crippen LogP contribution in [0, 0.1) is 0 Å². The van der Waals surface area contributed by atoms with Gasteiger partial charge in [0.1, 0.15) is 0 Å². The van der Waals surface area contributed by atoms with Crippen LogP contribution in [0.1, 0.15) is 0 Å². The predicted octanol–water partition coefficient (Wildman–Crippen LogP) is 2.33. The number of nitrogens with one attached hydrogen (secondary N) is 1. The third-order valence-electron chi connectivity index (χ3n) is 3.67. The predicted molar refractivity (Wildman–Crippen MR) is 81.8 cm³/mol. The second-order valence-corrected chi connectivity index (χ2v) is 5.79. The molecule has 0 saturated heterocycles. The first kappa shape index (κ1) is 10.9. The fourth-order valence-electron chi connectivity index (χ4n) is 2.73. The molecule has 2 aromatic carbocycles. The molecule has 1 N–H and O–H groups in total. The van der Waals surface area contributed by atoms with Gasteiger partial charge in [0.25, 0.3) is 0 Å². The van der Waals surface area contributed by atoms with Crippen molar-refractivity contribution in [3.8, 4) is 0 Å². The highest BCUT2D eigenvalue weighted by Crippen LogP contribution is 2.30. The summed E-state index contributed by atoms with van der Waals surface area (Å²) in [5.41, 5.74) is 2.55. The highest BCUT2D eigenvalue weighted by atomic mass is 32.1. The minimum atomic E-state index is 0.0300. The lowest BCUT2D eigenvalue weighted by atomic mass is 10.1. The van der Waals surface area contributed by atoms with Gasteiger partial charge in [-0.05, 0) is 34.7 Å². The van der Waals surface area contributed by atoms with Crippen LogP contribution in [0.4, 0.5) is 0 Å². The molecule has 0 saturated carbocycles. The quantitative estimate of drug-likeness (QED) is 0.445. The van der Waals surface area contributed by atoms with Crippen molar-refractivity contribution >= 4 is 48.3 Å². The molecule has 5 rings (SSSR count). The van der Waals surface area contributed by atoms with E-state index in [2.05, 4.69) is 20.5 Å². The number of hydrogen-bond acceptors (Lipinski definition) is 5. The molecule has 0 spiro atoms. The van der Waals surface area contributed by atoms with Crippen molar-refractivity contribution in [1.82, 2.24) is 25.0 Å². The number of pyridine rings is 1. The molecule has 5 aromatic rings. The summed E-state index contributed by atoms with van der Waals surface area (Å²) < 4.78 is 2.55. The van der Waals surface area contributed by atoms with E-state index in [0.29, 0.717) is 15.7 Å². The van der Waals surface area contributed by atoms with Gasteiger partial charge < -0.3 is 4.98 Å². The monoisotopic (exact) mass is 293 g/mol. The van der Waals surface area contributed by atoms with Gasteiger partial charge in [0.05, 0.1) is 21.1 Å². The van der Waals surface area contributed by atoms with Gasteiger partial charge in [-0.25, -0.2) is 0 Å². The maximum atomic E-state index is 12.8. The molecule has 0 fully saturated rings. The molecule has 0 bridgehead atoms. The molecule has 0 aliphatic heterocycles. The van der Waals surface area contributed by atoms with Gasteiger partial charge in [-0.2, -0.15) is 4.52 Å². The Hall–Kier alpha value is -2.80. The van der Waals surface area contributed by atoms with Crippen LogP contribution in [-0.2, 0) is 0 Å². The number of aromatic nitrogens is 5. The van der Waals surface area contributed by atoms with Crippen molar-refractivity contribution in [1.29, 1.82) is 0 Å². The normalized spacial score (nSPS) is 12.0. The maximum absolute atomic E-state index is 12.8. The zero-order valence-corrected chi connectivity index (χ0v) is 11.4. The number of hydrogen-bond donors (Lipinski definition) is 1. The summed E-state index contributed by atoms with van der Waals surface area (Å²) >= 11 is 1.43. The van der Waals surface area contributed by atoms with E-state index in [1.54, 1.807) is 4.52 Å². The summed E-state index contributed by atoms with van der Waals surface area (Å²) in [6, 6.07) is 11.4. The molecule has 3 heterocycles. The maximum Gasteiger partial charge on any atom is 0.235 e. The number of fused-ring (bicyclic) bond motifs is 6. The minimum absolute atomic E-state index is 0.0300.